The Balaban J connectivity index is 1.33. The van der Waals surface area contributed by atoms with E-state index in [1.165, 1.54) is 23.5 Å². The predicted molar refractivity (Wildman–Crippen MR) is 123 cm³/mol. The van der Waals surface area contributed by atoms with Gasteiger partial charge in [0.15, 0.2) is 0 Å². The van der Waals surface area contributed by atoms with Gasteiger partial charge in [0.2, 0.25) is 10.0 Å². The lowest BCUT2D eigenvalue weighted by Gasteiger charge is -2.34. The normalized spacial score (nSPS) is 14.6. The topological polar surface area (TPSA) is 89.0 Å². The molecule has 1 fully saturated rings. The zero-order valence-electron chi connectivity index (χ0n) is 18.3. The van der Waals surface area contributed by atoms with Crippen LogP contribution in [0.5, 0.6) is 11.5 Å². The minimum Gasteiger partial charge on any atom is -0.497 e. The minimum atomic E-state index is -3.62. The molecule has 1 saturated heterocycles. The Morgan fingerprint density at radius 1 is 0.939 bits per heavy atom. The van der Waals surface area contributed by atoms with E-state index in [1.807, 2.05) is 12.1 Å². The second kappa shape index (κ2) is 10.0. The molecule has 2 aromatic carbocycles. The summed E-state index contributed by atoms with van der Waals surface area (Å²) in [6, 6.07) is 17.0. The minimum absolute atomic E-state index is 0.129. The van der Waals surface area contributed by atoms with Crippen LogP contribution in [0.25, 0.3) is 0 Å². The number of amides is 1. The molecule has 4 rings (SSSR count). The van der Waals surface area contributed by atoms with Crippen LogP contribution in [0.2, 0.25) is 0 Å². The van der Waals surface area contributed by atoms with E-state index < -0.39 is 10.0 Å². The molecule has 0 atom stereocenters. The largest absolute Gasteiger partial charge is 0.497 e. The van der Waals surface area contributed by atoms with Gasteiger partial charge in [-0.25, -0.2) is 8.42 Å². The average Bonchev–Trinajstić information content (AvgIpc) is 2.88. The van der Waals surface area contributed by atoms with Gasteiger partial charge in [0, 0.05) is 49.7 Å². The Kier molecular flexibility index (Phi) is 6.90. The van der Waals surface area contributed by atoms with Crippen LogP contribution in [0.1, 0.15) is 15.9 Å². The molecule has 172 valence electrons. The molecule has 0 spiro atoms. The summed E-state index contributed by atoms with van der Waals surface area (Å²) in [6.07, 6.45) is 3.45. The average molecular weight is 468 g/mol. The number of rotatable bonds is 7. The molecule has 3 aromatic rings. The predicted octanol–water partition coefficient (Wildman–Crippen LogP) is 2.82. The SMILES string of the molecule is COc1ccc(S(=O)(=O)N2CCN(C(=O)c3ccc(OCc4cccnc4)cc3)CC2)cc1. The highest BCUT2D eigenvalue weighted by atomic mass is 32.2. The van der Waals surface area contributed by atoms with Crippen molar-refractivity contribution >= 4 is 15.9 Å². The Morgan fingerprint density at radius 2 is 1.61 bits per heavy atom. The number of carbonyl (C=O) groups is 1. The van der Waals surface area contributed by atoms with Crippen LogP contribution in [0, 0.1) is 0 Å². The van der Waals surface area contributed by atoms with Crippen molar-refractivity contribution in [1.82, 2.24) is 14.2 Å². The second-order valence-electron chi connectivity index (χ2n) is 7.55. The first kappa shape index (κ1) is 22.8. The molecule has 0 aliphatic carbocycles. The summed E-state index contributed by atoms with van der Waals surface area (Å²) in [4.78, 5) is 18.8. The highest BCUT2D eigenvalue weighted by Gasteiger charge is 2.30. The summed E-state index contributed by atoms with van der Waals surface area (Å²) in [5.41, 5.74) is 1.50. The number of carbonyl (C=O) groups excluding carboxylic acids is 1. The van der Waals surface area contributed by atoms with Crippen molar-refractivity contribution in [3.05, 3.63) is 84.2 Å². The molecule has 1 aliphatic rings. The molecule has 0 radical (unpaired) electrons. The van der Waals surface area contributed by atoms with Crippen molar-refractivity contribution in [2.75, 3.05) is 33.3 Å². The number of ether oxygens (including phenoxy) is 2. The first-order chi connectivity index (χ1) is 16.0. The molecule has 0 saturated carbocycles. The molecule has 0 N–H and O–H groups in total. The number of nitrogens with zero attached hydrogens (tertiary/aromatic N) is 3. The Bertz CT molecular complexity index is 1180. The molecular weight excluding hydrogens is 442 g/mol. The van der Waals surface area contributed by atoms with Crippen molar-refractivity contribution in [3.8, 4) is 11.5 Å². The molecule has 0 unspecified atom stereocenters. The lowest BCUT2D eigenvalue weighted by atomic mass is 10.2. The van der Waals surface area contributed by atoms with Crippen molar-refractivity contribution in [2.24, 2.45) is 0 Å². The van der Waals surface area contributed by atoms with E-state index in [2.05, 4.69) is 4.98 Å². The zero-order chi connectivity index (χ0) is 23.3. The Morgan fingerprint density at radius 3 is 2.21 bits per heavy atom. The van der Waals surface area contributed by atoms with E-state index in [1.54, 1.807) is 53.7 Å². The molecule has 33 heavy (non-hydrogen) atoms. The maximum absolute atomic E-state index is 12.9. The van der Waals surface area contributed by atoms with Crippen LogP contribution >= 0.6 is 0 Å². The fourth-order valence-electron chi connectivity index (χ4n) is 3.55. The van der Waals surface area contributed by atoms with Crippen LogP contribution in [0.3, 0.4) is 0 Å². The summed E-state index contributed by atoms with van der Waals surface area (Å²) in [5, 5.41) is 0. The van der Waals surface area contributed by atoms with Crippen molar-refractivity contribution in [2.45, 2.75) is 11.5 Å². The van der Waals surface area contributed by atoms with E-state index in [4.69, 9.17) is 9.47 Å². The molecule has 0 bridgehead atoms. The summed E-state index contributed by atoms with van der Waals surface area (Å²) in [6.45, 7) is 1.53. The smallest absolute Gasteiger partial charge is 0.253 e. The molecule has 1 aromatic heterocycles. The van der Waals surface area contributed by atoms with Crippen molar-refractivity contribution in [1.29, 1.82) is 0 Å². The Labute approximate surface area is 193 Å². The van der Waals surface area contributed by atoms with E-state index in [9.17, 15) is 13.2 Å². The monoisotopic (exact) mass is 467 g/mol. The first-order valence-corrected chi connectivity index (χ1v) is 12.0. The van der Waals surface area contributed by atoms with Crippen molar-refractivity contribution < 1.29 is 22.7 Å². The van der Waals surface area contributed by atoms with Gasteiger partial charge < -0.3 is 14.4 Å². The maximum Gasteiger partial charge on any atom is 0.253 e. The van der Waals surface area contributed by atoms with Gasteiger partial charge in [-0.15, -0.1) is 0 Å². The van der Waals surface area contributed by atoms with E-state index >= 15 is 0 Å². The molecule has 9 heteroatoms. The number of hydrogen-bond donors (Lipinski definition) is 0. The number of aromatic nitrogens is 1. The van der Waals surface area contributed by atoms with Gasteiger partial charge >= 0.3 is 0 Å². The third-order valence-corrected chi connectivity index (χ3v) is 7.37. The van der Waals surface area contributed by atoms with Crippen LogP contribution < -0.4 is 9.47 Å². The number of piperazine rings is 1. The van der Waals surface area contributed by atoms with Gasteiger partial charge in [0.05, 0.1) is 12.0 Å². The summed E-state index contributed by atoms with van der Waals surface area (Å²) < 4.78 is 38.0. The quantitative estimate of drug-likeness (QED) is 0.531. The lowest BCUT2D eigenvalue weighted by molar-refractivity contribution is 0.0698. The van der Waals surface area contributed by atoms with Gasteiger partial charge in [-0.05, 0) is 54.6 Å². The van der Waals surface area contributed by atoms with Crippen LogP contribution in [0.15, 0.2) is 78.0 Å². The molecule has 1 aliphatic heterocycles. The summed E-state index contributed by atoms with van der Waals surface area (Å²) >= 11 is 0. The fourth-order valence-corrected chi connectivity index (χ4v) is 4.98. The third-order valence-electron chi connectivity index (χ3n) is 5.45. The lowest BCUT2D eigenvalue weighted by Crippen LogP contribution is -2.50. The summed E-state index contributed by atoms with van der Waals surface area (Å²) in [7, 11) is -2.09. The van der Waals surface area contributed by atoms with Gasteiger partial charge in [-0.3, -0.25) is 9.78 Å². The molecular formula is C24H25N3O5S. The number of hydrogen-bond acceptors (Lipinski definition) is 6. The molecule has 2 heterocycles. The standard InChI is InChI=1S/C24H25N3O5S/c1-31-21-8-10-23(11-9-21)33(29,30)27-15-13-26(14-16-27)24(28)20-4-6-22(7-5-20)32-18-19-3-2-12-25-17-19/h2-12,17H,13-16,18H2,1H3. The zero-order valence-corrected chi connectivity index (χ0v) is 19.1. The number of pyridine rings is 1. The van der Waals surface area contributed by atoms with Crippen LogP contribution in [-0.2, 0) is 16.6 Å². The molecule has 1 amide bonds. The highest BCUT2D eigenvalue weighted by molar-refractivity contribution is 7.89. The second-order valence-corrected chi connectivity index (χ2v) is 9.48. The fraction of sp³-hybridized carbons (Fsp3) is 0.250. The van der Waals surface area contributed by atoms with Gasteiger partial charge in [-0.1, -0.05) is 6.07 Å². The maximum atomic E-state index is 12.9. The van der Waals surface area contributed by atoms with Gasteiger partial charge in [0.1, 0.15) is 18.1 Å². The van der Waals surface area contributed by atoms with Crippen LogP contribution in [0.4, 0.5) is 0 Å². The molecule has 8 nitrogen and oxygen atoms in total. The van der Waals surface area contributed by atoms with Crippen LogP contribution in [-0.4, -0.2) is 61.8 Å². The van der Waals surface area contributed by atoms with Crippen molar-refractivity contribution in [3.63, 3.8) is 0 Å². The first-order valence-electron chi connectivity index (χ1n) is 10.5. The highest BCUT2D eigenvalue weighted by Crippen LogP contribution is 2.22. The Hall–Kier alpha value is -3.43. The van der Waals surface area contributed by atoms with E-state index in [-0.39, 0.29) is 23.9 Å². The number of sulfonamides is 1. The van der Waals surface area contributed by atoms with Gasteiger partial charge in [0.25, 0.3) is 5.91 Å². The summed E-state index contributed by atoms with van der Waals surface area (Å²) in [5.74, 6) is 1.12. The van der Waals surface area contributed by atoms with Gasteiger partial charge in [-0.2, -0.15) is 4.31 Å². The van der Waals surface area contributed by atoms with E-state index in [0.717, 1.165) is 5.56 Å². The number of methoxy groups -OCH3 is 1. The third kappa shape index (κ3) is 5.32. The van der Waals surface area contributed by atoms with E-state index in [0.29, 0.717) is 36.8 Å². The number of benzene rings is 2.